The fourth-order valence-electron chi connectivity index (χ4n) is 5.44. The number of carbonyl (C=O) groups is 1. The quantitative estimate of drug-likeness (QED) is 0.375. The third-order valence-electron chi connectivity index (χ3n) is 7.69. The second kappa shape index (κ2) is 10.7. The molecule has 0 radical (unpaired) electrons. The van der Waals surface area contributed by atoms with Crippen LogP contribution in [-0.2, 0) is 24.3 Å². The van der Waals surface area contributed by atoms with Crippen molar-refractivity contribution in [2.24, 2.45) is 5.92 Å². The molecule has 1 N–H and O–H groups in total. The lowest BCUT2D eigenvalue weighted by Crippen LogP contribution is -2.41. The molecular formula is C30H36N4O2. The summed E-state index contributed by atoms with van der Waals surface area (Å²) in [7, 11) is 0. The molecule has 3 heterocycles. The highest BCUT2D eigenvalue weighted by Gasteiger charge is 2.25. The van der Waals surface area contributed by atoms with Crippen molar-refractivity contribution in [1.82, 2.24) is 19.9 Å². The summed E-state index contributed by atoms with van der Waals surface area (Å²) in [5, 5.41) is 8.42. The maximum Gasteiger partial charge on any atom is 0.223 e. The molecule has 6 nitrogen and oxygen atoms in total. The molecule has 0 saturated carbocycles. The van der Waals surface area contributed by atoms with Gasteiger partial charge in [0.25, 0.3) is 0 Å². The molecule has 0 aliphatic carbocycles. The van der Waals surface area contributed by atoms with E-state index in [4.69, 9.17) is 4.52 Å². The largest absolute Gasteiger partial charge is 0.361 e. The fourth-order valence-corrected chi connectivity index (χ4v) is 5.44. The minimum atomic E-state index is 0.0868. The highest BCUT2D eigenvalue weighted by molar-refractivity contribution is 5.81. The third kappa shape index (κ3) is 5.24. The monoisotopic (exact) mass is 484 g/mol. The lowest BCUT2D eigenvalue weighted by atomic mass is 9.95. The highest BCUT2D eigenvalue weighted by Crippen LogP contribution is 2.25. The zero-order chi connectivity index (χ0) is 25.1. The summed E-state index contributed by atoms with van der Waals surface area (Å²) in [6, 6.07) is 19.6. The van der Waals surface area contributed by atoms with E-state index in [2.05, 4.69) is 81.5 Å². The van der Waals surface area contributed by atoms with Crippen LogP contribution in [0.2, 0.25) is 0 Å². The summed E-state index contributed by atoms with van der Waals surface area (Å²) >= 11 is 0. The van der Waals surface area contributed by atoms with Crippen molar-refractivity contribution < 1.29 is 9.32 Å². The Kier molecular flexibility index (Phi) is 7.23. The number of nitrogens with one attached hydrogen (secondary N) is 1. The number of fused-ring (bicyclic) bond motifs is 1. The molecule has 188 valence electrons. The second-order valence-corrected chi connectivity index (χ2v) is 10.1. The van der Waals surface area contributed by atoms with E-state index in [-0.39, 0.29) is 11.8 Å². The van der Waals surface area contributed by atoms with E-state index >= 15 is 0 Å². The molecule has 5 rings (SSSR count). The molecule has 0 unspecified atom stereocenters. The Hall–Kier alpha value is -3.38. The van der Waals surface area contributed by atoms with E-state index in [0.717, 1.165) is 62.5 Å². The van der Waals surface area contributed by atoms with Crippen LogP contribution in [0.3, 0.4) is 0 Å². The van der Waals surface area contributed by atoms with E-state index in [9.17, 15) is 4.79 Å². The van der Waals surface area contributed by atoms with E-state index in [1.54, 1.807) is 0 Å². The zero-order valence-corrected chi connectivity index (χ0v) is 21.6. The van der Waals surface area contributed by atoms with Gasteiger partial charge in [0.05, 0.1) is 5.69 Å². The van der Waals surface area contributed by atoms with Crippen molar-refractivity contribution in [3.8, 4) is 0 Å². The highest BCUT2D eigenvalue weighted by atomic mass is 16.5. The van der Waals surface area contributed by atoms with Gasteiger partial charge in [-0.2, -0.15) is 0 Å². The summed E-state index contributed by atoms with van der Waals surface area (Å²) in [6.45, 7) is 10.3. The number of amides is 1. The minimum absolute atomic E-state index is 0.0868. The molecule has 0 atom stereocenters. The van der Waals surface area contributed by atoms with Crippen LogP contribution in [0.15, 0.2) is 59.1 Å². The SMILES string of the molecule is Cc1ccccc1Cn1c(CN2CCC(C(=O)NCCc3c(C)noc3C)CC2)cc2ccccc21. The predicted octanol–water partition coefficient (Wildman–Crippen LogP) is 5.17. The van der Waals surface area contributed by atoms with Crippen molar-refractivity contribution in [3.63, 3.8) is 0 Å². The maximum atomic E-state index is 12.8. The first-order valence-electron chi connectivity index (χ1n) is 13.0. The Morgan fingerprint density at radius 1 is 1.03 bits per heavy atom. The van der Waals surface area contributed by atoms with Crippen LogP contribution in [0.25, 0.3) is 10.9 Å². The van der Waals surface area contributed by atoms with Crippen LogP contribution < -0.4 is 5.32 Å². The normalized spacial score (nSPS) is 15.0. The number of aryl methyl sites for hydroxylation is 3. The zero-order valence-electron chi connectivity index (χ0n) is 21.6. The average Bonchev–Trinajstić information content (AvgIpc) is 3.39. The Morgan fingerprint density at radius 3 is 2.53 bits per heavy atom. The van der Waals surface area contributed by atoms with E-state index in [0.29, 0.717) is 6.54 Å². The number of hydrogen-bond acceptors (Lipinski definition) is 4. The van der Waals surface area contributed by atoms with Gasteiger partial charge < -0.3 is 14.4 Å². The number of aromatic nitrogens is 2. The van der Waals surface area contributed by atoms with Gasteiger partial charge in [0.2, 0.25) is 5.91 Å². The first-order valence-corrected chi connectivity index (χ1v) is 13.0. The number of likely N-dealkylation sites (tertiary alicyclic amines) is 1. The van der Waals surface area contributed by atoms with Gasteiger partial charge in [-0.1, -0.05) is 47.6 Å². The van der Waals surface area contributed by atoms with Crippen LogP contribution in [0.1, 0.15) is 46.7 Å². The number of rotatable bonds is 8. The van der Waals surface area contributed by atoms with Gasteiger partial charge in [0.1, 0.15) is 5.76 Å². The van der Waals surface area contributed by atoms with Gasteiger partial charge in [-0.05, 0) is 81.8 Å². The van der Waals surface area contributed by atoms with Gasteiger partial charge >= 0.3 is 0 Å². The summed E-state index contributed by atoms with van der Waals surface area (Å²) in [6.07, 6.45) is 2.56. The van der Waals surface area contributed by atoms with Crippen LogP contribution in [-0.4, -0.2) is 40.2 Å². The van der Waals surface area contributed by atoms with Crippen molar-refractivity contribution in [2.75, 3.05) is 19.6 Å². The van der Waals surface area contributed by atoms with Gasteiger partial charge in [-0.3, -0.25) is 9.69 Å². The number of piperidine rings is 1. The number of nitrogens with zero attached hydrogens (tertiary/aromatic N) is 3. The van der Waals surface area contributed by atoms with Crippen molar-refractivity contribution in [2.45, 2.75) is 53.1 Å². The summed E-state index contributed by atoms with van der Waals surface area (Å²) in [5.74, 6) is 1.11. The first kappa shape index (κ1) is 24.3. The summed E-state index contributed by atoms with van der Waals surface area (Å²) in [5.41, 5.74) is 7.31. The van der Waals surface area contributed by atoms with Gasteiger partial charge in [0.15, 0.2) is 0 Å². The molecule has 36 heavy (non-hydrogen) atoms. The van der Waals surface area contributed by atoms with Gasteiger partial charge in [-0.15, -0.1) is 0 Å². The van der Waals surface area contributed by atoms with Gasteiger partial charge in [0, 0.05) is 42.3 Å². The molecule has 0 bridgehead atoms. The van der Waals surface area contributed by atoms with Crippen LogP contribution >= 0.6 is 0 Å². The number of benzene rings is 2. The van der Waals surface area contributed by atoms with E-state index in [1.807, 2.05) is 13.8 Å². The molecule has 0 spiro atoms. The standard InChI is InChI=1S/C30H36N4O2/c1-21-8-4-5-10-26(21)19-34-27(18-25-9-6-7-11-29(25)34)20-33-16-13-24(14-17-33)30(35)31-15-12-28-22(2)32-36-23(28)3/h4-11,18,24H,12-17,19-20H2,1-3H3,(H,31,35). The number of carbonyl (C=O) groups excluding carboxylic acids is 1. The maximum absolute atomic E-state index is 12.8. The fraction of sp³-hybridized carbons (Fsp3) is 0.400. The Labute approximate surface area is 213 Å². The Morgan fingerprint density at radius 2 is 1.78 bits per heavy atom. The topological polar surface area (TPSA) is 63.3 Å². The van der Waals surface area contributed by atoms with Crippen LogP contribution in [0.4, 0.5) is 0 Å². The summed E-state index contributed by atoms with van der Waals surface area (Å²) < 4.78 is 7.69. The predicted molar refractivity (Wildman–Crippen MR) is 143 cm³/mol. The van der Waals surface area contributed by atoms with Crippen molar-refractivity contribution in [3.05, 3.63) is 88.4 Å². The molecule has 2 aromatic carbocycles. The van der Waals surface area contributed by atoms with Gasteiger partial charge in [-0.25, -0.2) is 0 Å². The number of hydrogen-bond donors (Lipinski definition) is 1. The average molecular weight is 485 g/mol. The molecule has 1 saturated heterocycles. The van der Waals surface area contributed by atoms with E-state index in [1.165, 1.54) is 27.7 Å². The molecule has 2 aromatic heterocycles. The third-order valence-corrected chi connectivity index (χ3v) is 7.69. The Bertz CT molecular complexity index is 1320. The molecule has 1 amide bonds. The number of para-hydroxylation sites is 1. The molecule has 4 aromatic rings. The smallest absolute Gasteiger partial charge is 0.223 e. The molecular weight excluding hydrogens is 448 g/mol. The summed E-state index contributed by atoms with van der Waals surface area (Å²) in [4.78, 5) is 15.3. The van der Waals surface area contributed by atoms with Crippen molar-refractivity contribution in [1.29, 1.82) is 0 Å². The van der Waals surface area contributed by atoms with Crippen molar-refractivity contribution >= 4 is 16.8 Å². The second-order valence-electron chi connectivity index (χ2n) is 10.1. The first-order chi connectivity index (χ1) is 17.5. The van der Waals surface area contributed by atoms with E-state index < -0.39 is 0 Å². The van der Waals surface area contributed by atoms with Crippen LogP contribution in [0.5, 0.6) is 0 Å². The lowest BCUT2D eigenvalue weighted by molar-refractivity contribution is -0.126. The Balaban J connectivity index is 1.19. The van der Waals surface area contributed by atoms with Crippen LogP contribution in [0, 0.1) is 26.7 Å². The molecule has 6 heteroatoms. The molecule has 1 aliphatic rings. The molecule has 1 aliphatic heterocycles. The molecule has 1 fully saturated rings. The minimum Gasteiger partial charge on any atom is -0.361 e. The lowest BCUT2D eigenvalue weighted by Gasteiger charge is -2.31.